The van der Waals surface area contributed by atoms with Crippen molar-refractivity contribution in [3.8, 4) is 5.75 Å². The second kappa shape index (κ2) is 11.7. The lowest BCUT2D eigenvalue weighted by atomic mass is 10.1. The van der Waals surface area contributed by atoms with Crippen molar-refractivity contribution < 1.29 is 19.1 Å². The van der Waals surface area contributed by atoms with Crippen molar-refractivity contribution in [1.29, 1.82) is 0 Å². The molecule has 2 aliphatic rings. The molecule has 2 saturated heterocycles. The molecule has 0 bridgehead atoms. The Morgan fingerprint density at radius 3 is 2.82 bits per heavy atom. The molecule has 2 fully saturated rings. The van der Waals surface area contributed by atoms with Gasteiger partial charge in [-0.05, 0) is 62.2 Å². The highest BCUT2D eigenvalue weighted by molar-refractivity contribution is 6.31. The van der Waals surface area contributed by atoms with Crippen molar-refractivity contribution in [3.05, 3.63) is 58.6 Å². The van der Waals surface area contributed by atoms with Crippen LogP contribution < -0.4 is 15.0 Å². The highest BCUT2D eigenvalue weighted by Crippen LogP contribution is 2.29. The van der Waals surface area contributed by atoms with E-state index >= 15 is 0 Å². The summed E-state index contributed by atoms with van der Waals surface area (Å²) in [7, 11) is 2.13. The van der Waals surface area contributed by atoms with Crippen LogP contribution >= 0.6 is 11.6 Å². The number of ether oxygens (including phenoxy) is 2. The van der Waals surface area contributed by atoms with E-state index in [1.807, 2.05) is 24.3 Å². The van der Waals surface area contributed by atoms with Gasteiger partial charge in [0.25, 0.3) is 5.91 Å². The van der Waals surface area contributed by atoms with E-state index in [0.717, 1.165) is 50.3 Å². The fourth-order valence-corrected chi connectivity index (χ4v) is 4.63. The predicted molar refractivity (Wildman–Crippen MR) is 133 cm³/mol. The highest BCUT2D eigenvalue weighted by Gasteiger charge is 2.26. The number of nitrogens with one attached hydrogen (secondary N) is 1. The first kappa shape index (κ1) is 24.5. The Hall–Kier alpha value is -2.61. The minimum Gasteiger partial charge on any atom is -0.492 e. The Labute approximate surface area is 206 Å². The molecule has 34 heavy (non-hydrogen) atoms. The van der Waals surface area contributed by atoms with Gasteiger partial charge in [0.1, 0.15) is 12.4 Å². The molecule has 2 aromatic rings. The van der Waals surface area contributed by atoms with Crippen LogP contribution in [0.4, 0.5) is 5.69 Å². The average molecular weight is 486 g/mol. The van der Waals surface area contributed by atoms with Crippen LogP contribution in [0.2, 0.25) is 5.02 Å². The van der Waals surface area contributed by atoms with Crippen LogP contribution in [0.25, 0.3) is 0 Å². The molecule has 8 heteroatoms. The number of rotatable bonds is 9. The molecule has 7 nitrogen and oxygen atoms in total. The van der Waals surface area contributed by atoms with Crippen LogP contribution in [-0.4, -0.2) is 62.7 Å². The topological polar surface area (TPSA) is 71.1 Å². The largest absolute Gasteiger partial charge is 0.492 e. The number of amides is 2. The number of hydrogen-bond acceptors (Lipinski definition) is 5. The number of benzene rings is 2. The molecule has 0 spiro atoms. The normalized spacial score (nSPS) is 16.8. The van der Waals surface area contributed by atoms with Gasteiger partial charge in [0.2, 0.25) is 5.91 Å². The summed E-state index contributed by atoms with van der Waals surface area (Å²) in [5.74, 6) is 0.557. The SMILES string of the molecule is CN(CCOc1cccc(CNC(=O)c2ccc(Cl)cc2N2CCCC2=O)c1)C1CCOCC1. The van der Waals surface area contributed by atoms with Crippen LogP contribution in [0, 0.1) is 0 Å². The van der Waals surface area contributed by atoms with E-state index in [4.69, 9.17) is 21.1 Å². The summed E-state index contributed by atoms with van der Waals surface area (Å²) in [5, 5.41) is 3.46. The Morgan fingerprint density at radius 2 is 2.06 bits per heavy atom. The highest BCUT2D eigenvalue weighted by atomic mass is 35.5. The number of nitrogens with zero attached hydrogens (tertiary/aromatic N) is 2. The van der Waals surface area contributed by atoms with E-state index in [1.54, 1.807) is 23.1 Å². The number of carbonyl (C=O) groups excluding carboxylic acids is 2. The smallest absolute Gasteiger partial charge is 0.253 e. The van der Waals surface area contributed by atoms with Gasteiger partial charge < -0.3 is 19.7 Å². The lowest BCUT2D eigenvalue weighted by molar-refractivity contribution is -0.117. The van der Waals surface area contributed by atoms with Crippen molar-refractivity contribution in [2.24, 2.45) is 0 Å². The van der Waals surface area contributed by atoms with Gasteiger partial charge in [-0.2, -0.15) is 0 Å². The molecule has 4 rings (SSSR count). The maximum absolute atomic E-state index is 13.0. The summed E-state index contributed by atoms with van der Waals surface area (Å²) in [4.78, 5) is 29.2. The summed E-state index contributed by atoms with van der Waals surface area (Å²) in [6, 6.07) is 13.3. The maximum Gasteiger partial charge on any atom is 0.253 e. The molecular formula is C26H32ClN3O4. The van der Waals surface area contributed by atoms with E-state index in [9.17, 15) is 9.59 Å². The summed E-state index contributed by atoms with van der Waals surface area (Å²) >= 11 is 6.15. The minimum atomic E-state index is -0.240. The third-order valence-electron chi connectivity index (χ3n) is 6.45. The van der Waals surface area contributed by atoms with Crippen LogP contribution in [-0.2, 0) is 16.1 Å². The Bertz CT molecular complexity index is 1010. The first-order valence-corrected chi connectivity index (χ1v) is 12.3. The van der Waals surface area contributed by atoms with Gasteiger partial charge in [0.05, 0.1) is 11.3 Å². The molecule has 182 valence electrons. The monoisotopic (exact) mass is 485 g/mol. The molecule has 0 aliphatic carbocycles. The zero-order valence-electron chi connectivity index (χ0n) is 19.6. The van der Waals surface area contributed by atoms with E-state index in [1.165, 1.54) is 0 Å². The lowest BCUT2D eigenvalue weighted by Gasteiger charge is -2.31. The fraction of sp³-hybridized carbons (Fsp3) is 0.462. The first-order valence-electron chi connectivity index (χ1n) is 11.9. The van der Waals surface area contributed by atoms with Gasteiger partial charge in [0, 0.05) is 50.3 Å². The number of hydrogen-bond donors (Lipinski definition) is 1. The van der Waals surface area contributed by atoms with E-state index in [2.05, 4.69) is 17.3 Å². The maximum atomic E-state index is 13.0. The number of carbonyl (C=O) groups is 2. The number of anilines is 1. The van der Waals surface area contributed by atoms with Gasteiger partial charge in [-0.25, -0.2) is 0 Å². The molecule has 2 heterocycles. The van der Waals surface area contributed by atoms with Gasteiger partial charge in [-0.1, -0.05) is 23.7 Å². The molecule has 0 radical (unpaired) electrons. The second-order valence-electron chi connectivity index (χ2n) is 8.81. The van der Waals surface area contributed by atoms with Crippen molar-refractivity contribution in [2.45, 2.75) is 38.3 Å². The lowest BCUT2D eigenvalue weighted by Crippen LogP contribution is -2.38. The summed E-state index contributed by atoms with van der Waals surface area (Å²) < 4.78 is 11.4. The number of halogens is 1. The van der Waals surface area contributed by atoms with Crippen molar-refractivity contribution in [3.63, 3.8) is 0 Å². The van der Waals surface area contributed by atoms with Crippen LogP contribution in [0.5, 0.6) is 5.75 Å². The van der Waals surface area contributed by atoms with E-state index < -0.39 is 0 Å². The third-order valence-corrected chi connectivity index (χ3v) is 6.68. The molecule has 1 N–H and O–H groups in total. The Kier molecular flexibility index (Phi) is 8.43. The van der Waals surface area contributed by atoms with Crippen LogP contribution in [0.1, 0.15) is 41.6 Å². The van der Waals surface area contributed by atoms with Crippen molar-refractivity contribution in [1.82, 2.24) is 10.2 Å². The van der Waals surface area contributed by atoms with Crippen molar-refractivity contribution >= 4 is 29.1 Å². The standard InChI is InChI=1S/C26H32ClN3O4/c1-29(21-9-13-33-14-10-21)12-15-34-22-5-2-4-19(16-22)18-28-26(32)23-8-7-20(27)17-24(23)30-11-3-6-25(30)31/h2,4-5,7-8,16-17,21H,3,6,9-15,18H2,1H3,(H,28,32). The summed E-state index contributed by atoms with van der Waals surface area (Å²) in [5.41, 5.74) is 1.96. The molecular weight excluding hydrogens is 454 g/mol. The molecule has 0 unspecified atom stereocenters. The van der Waals surface area contributed by atoms with Crippen molar-refractivity contribution in [2.75, 3.05) is 44.9 Å². The van der Waals surface area contributed by atoms with E-state index in [-0.39, 0.29) is 11.8 Å². The molecule has 2 aliphatic heterocycles. The minimum absolute atomic E-state index is 0.0173. The summed E-state index contributed by atoms with van der Waals surface area (Å²) in [6.45, 7) is 4.06. The Balaban J connectivity index is 1.31. The second-order valence-corrected chi connectivity index (χ2v) is 9.25. The molecule has 2 amide bonds. The predicted octanol–water partition coefficient (Wildman–Crippen LogP) is 3.89. The van der Waals surface area contributed by atoms with Crippen LogP contribution in [0.15, 0.2) is 42.5 Å². The first-order chi connectivity index (χ1) is 16.5. The quantitative estimate of drug-likeness (QED) is 0.583. The zero-order chi connectivity index (χ0) is 23.9. The van der Waals surface area contributed by atoms with Gasteiger partial charge in [-0.3, -0.25) is 14.5 Å². The van der Waals surface area contributed by atoms with Gasteiger partial charge in [0.15, 0.2) is 0 Å². The third kappa shape index (κ3) is 6.29. The van der Waals surface area contributed by atoms with Crippen LogP contribution in [0.3, 0.4) is 0 Å². The number of likely N-dealkylation sites (N-methyl/N-ethyl adjacent to an activating group) is 1. The zero-order valence-corrected chi connectivity index (χ0v) is 20.4. The van der Waals surface area contributed by atoms with Gasteiger partial charge >= 0.3 is 0 Å². The summed E-state index contributed by atoms with van der Waals surface area (Å²) in [6.07, 6.45) is 3.40. The van der Waals surface area contributed by atoms with Gasteiger partial charge in [-0.15, -0.1) is 0 Å². The molecule has 0 saturated carbocycles. The fourth-order valence-electron chi connectivity index (χ4n) is 4.46. The molecule has 0 aromatic heterocycles. The molecule has 2 aromatic carbocycles. The van der Waals surface area contributed by atoms with E-state index in [0.29, 0.717) is 48.4 Å². The molecule has 0 atom stereocenters. The Morgan fingerprint density at radius 1 is 1.24 bits per heavy atom. The average Bonchev–Trinajstić information content (AvgIpc) is 3.29.